The van der Waals surface area contributed by atoms with Gasteiger partial charge in [0.1, 0.15) is 0 Å². The summed E-state index contributed by atoms with van der Waals surface area (Å²) >= 11 is 0. The van der Waals surface area contributed by atoms with E-state index in [9.17, 15) is 4.79 Å². The Kier molecular flexibility index (Phi) is 3.82. The number of benzene rings is 1. The number of rotatable bonds is 1. The van der Waals surface area contributed by atoms with Gasteiger partial charge in [-0.05, 0) is 50.5 Å². The molecule has 1 heterocycles. The Morgan fingerprint density at radius 1 is 1.12 bits per heavy atom. The Morgan fingerprint density at radius 2 is 1.76 bits per heavy atom. The molecule has 1 aromatic carbocycles. The van der Waals surface area contributed by atoms with Gasteiger partial charge in [-0.15, -0.1) is 5.92 Å². The van der Waals surface area contributed by atoms with E-state index >= 15 is 0 Å². The third-order valence-corrected chi connectivity index (χ3v) is 3.04. The van der Waals surface area contributed by atoms with Crippen molar-refractivity contribution in [2.75, 3.05) is 13.1 Å². The third-order valence-electron chi connectivity index (χ3n) is 3.04. The molecule has 0 N–H and O–H groups in total. The number of carbonyl (C=O) groups excluding carboxylic acids is 1. The highest BCUT2D eigenvalue weighted by Crippen LogP contribution is 2.13. The van der Waals surface area contributed by atoms with Gasteiger partial charge in [0.15, 0.2) is 0 Å². The molecule has 0 aliphatic carbocycles. The van der Waals surface area contributed by atoms with E-state index in [0.29, 0.717) is 0 Å². The molecule has 1 aromatic rings. The lowest BCUT2D eigenvalue weighted by Gasteiger charge is -2.26. The first kappa shape index (κ1) is 11.7. The second kappa shape index (κ2) is 5.54. The van der Waals surface area contributed by atoms with E-state index < -0.39 is 0 Å². The molecule has 1 amide bonds. The van der Waals surface area contributed by atoms with Gasteiger partial charge in [-0.2, -0.15) is 0 Å². The van der Waals surface area contributed by atoms with Crippen molar-refractivity contribution in [2.45, 2.75) is 26.2 Å². The molecule has 1 aliphatic heterocycles. The highest BCUT2D eigenvalue weighted by molar-refractivity contribution is 5.94. The summed E-state index contributed by atoms with van der Waals surface area (Å²) in [7, 11) is 0. The molecule has 0 aromatic heterocycles. The SMILES string of the molecule is CC#Cc1ccc(C(=O)N2CCCCC2)cc1. The number of amides is 1. The molecule has 88 valence electrons. The topological polar surface area (TPSA) is 20.3 Å². The van der Waals surface area contributed by atoms with Crippen LogP contribution in [0.2, 0.25) is 0 Å². The van der Waals surface area contributed by atoms with E-state index in [0.717, 1.165) is 37.1 Å². The first-order chi connectivity index (χ1) is 8.31. The standard InChI is InChI=1S/C15H17NO/c1-2-6-13-7-9-14(10-8-13)15(17)16-11-4-3-5-12-16/h7-10H,3-5,11-12H2,1H3. The van der Waals surface area contributed by atoms with Crippen molar-refractivity contribution in [1.29, 1.82) is 0 Å². The van der Waals surface area contributed by atoms with E-state index in [-0.39, 0.29) is 5.91 Å². The van der Waals surface area contributed by atoms with Gasteiger partial charge in [0.25, 0.3) is 5.91 Å². The van der Waals surface area contributed by atoms with Crippen molar-refractivity contribution in [3.05, 3.63) is 35.4 Å². The first-order valence-electron chi connectivity index (χ1n) is 6.13. The summed E-state index contributed by atoms with van der Waals surface area (Å²) in [6.07, 6.45) is 3.51. The first-order valence-corrected chi connectivity index (χ1v) is 6.13. The van der Waals surface area contributed by atoms with E-state index in [1.165, 1.54) is 6.42 Å². The molecule has 2 rings (SSSR count). The Bertz CT molecular complexity index is 444. The van der Waals surface area contributed by atoms with Gasteiger partial charge in [-0.25, -0.2) is 0 Å². The lowest BCUT2D eigenvalue weighted by atomic mass is 10.1. The van der Waals surface area contributed by atoms with Gasteiger partial charge in [0.2, 0.25) is 0 Å². The minimum absolute atomic E-state index is 0.153. The average molecular weight is 227 g/mol. The van der Waals surface area contributed by atoms with Crippen LogP contribution in [0.5, 0.6) is 0 Å². The van der Waals surface area contributed by atoms with Crippen molar-refractivity contribution in [1.82, 2.24) is 4.90 Å². The molecule has 1 fully saturated rings. The van der Waals surface area contributed by atoms with E-state index in [2.05, 4.69) is 11.8 Å². The van der Waals surface area contributed by atoms with E-state index in [1.807, 2.05) is 36.1 Å². The van der Waals surface area contributed by atoms with Gasteiger partial charge >= 0.3 is 0 Å². The maximum atomic E-state index is 12.2. The average Bonchev–Trinajstić information content (AvgIpc) is 2.40. The Morgan fingerprint density at radius 3 is 2.35 bits per heavy atom. The predicted molar refractivity (Wildman–Crippen MR) is 68.7 cm³/mol. The Labute approximate surface area is 103 Å². The molecule has 0 unspecified atom stereocenters. The third kappa shape index (κ3) is 2.88. The zero-order valence-corrected chi connectivity index (χ0v) is 10.2. The molecular weight excluding hydrogens is 210 g/mol. The fourth-order valence-electron chi connectivity index (χ4n) is 2.12. The maximum Gasteiger partial charge on any atom is 0.253 e. The molecule has 0 spiro atoms. The molecule has 0 saturated carbocycles. The van der Waals surface area contributed by atoms with Crippen molar-refractivity contribution >= 4 is 5.91 Å². The summed E-state index contributed by atoms with van der Waals surface area (Å²) in [5, 5.41) is 0. The van der Waals surface area contributed by atoms with Crippen LogP contribution in [0.1, 0.15) is 42.1 Å². The van der Waals surface area contributed by atoms with Gasteiger partial charge in [0, 0.05) is 24.2 Å². The van der Waals surface area contributed by atoms with Gasteiger partial charge in [-0.1, -0.05) is 5.92 Å². The number of likely N-dealkylation sites (tertiary alicyclic amines) is 1. The van der Waals surface area contributed by atoms with Gasteiger partial charge in [-0.3, -0.25) is 4.79 Å². The van der Waals surface area contributed by atoms with Crippen molar-refractivity contribution in [3.8, 4) is 11.8 Å². The van der Waals surface area contributed by atoms with Crippen LogP contribution in [-0.4, -0.2) is 23.9 Å². The predicted octanol–water partition coefficient (Wildman–Crippen LogP) is 2.68. The highest BCUT2D eigenvalue weighted by Gasteiger charge is 2.17. The quantitative estimate of drug-likeness (QED) is 0.675. The van der Waals surface area contributed by atoms with Gasteiger partial charge < -0.3 is 4.90 Å². The minimum atomic E-state index is 0.153. The van der Waals surface area contributed by atoms with Gasteiger partial charge in [0.05, 0.1) is 0 Å². The van der Waals surface area contributed by atoms with Crippen LogP contribution in [0, 0.1) is 11.8 Å². The summed E-state index contributed by atoms with van der Waals surface area (Å²) in [4.78, 5) is 14.1. The molecule has 2 nitrogen and oxygen atoms in total. The summed E-state index contributed by atoms with van der Waals surface area (Å²) < 4.78 is 0. The summed E-state index contributed by atoms with van der Waals surface area (Å²) in [5.41, 5.74) is 1.73. The number of hydrogen-bond donors (Lipinski definition) is 0. The molecule has 0 bridgehead atoms. The second-order valence-corrected chi connectivity index (χ2v) is 4.31. The fraction of sp³-hybridized carbons (Fsp3) is 0.400. The second-order valence-electron chi connectivity index (χ2n) is 4.31. The van der Waals surface area contributed by atoms with Crippen LogP contribution in [0.15, 0.2) is 24.3 Å². The molecule has 17 heavy (non-hydrogen) atoms. The van der Waals surface area contributed by atoms with Crippen molar-refractivity contribution < 1.29 is 4.79 Å². The van der Waals surface area contributed by atoms with E-state index in [4.69, 9.17) is 0 Å². The largest absolute Gasteiger partial charge is 0.339 e. The summed E-state index contributed by atoms with van der Waals surface area (Å²) in [6, 6.07) is 7.56. The van der Waals surface area contributed by atoms with Crippen LogP contribution in [0.4, 0.5) is 0 Å². The maximum absolute atomic E-state index is 12.2. The lowest BCUT2D eigenvalue weighted by Crippen LogP contribution is -2.35. The normalized spacial score (nSPS) is 15.0. The molecular formula is C15H17NO. The number of hydrogen-bond acceptors (Lipinski definition) is 1. The molecule has 0 radical (unpaired) electrons. The van der Waals surface area contributed by atoms with E-state index in [1.54, 1.807) is 0 Å². The van der Waals surface area contributed by atoms with Crippen molar-refractivity contribution in [2.24, 2.45) is 0 Å². The Balaban J connectivity index is 2.09. The Hall–Kier alpha value is -1.75. The van der Waals surface area contributed by atoms with Crippen LogP contribution < -0.4 is 0 Å². The number of piperidine rings is 1. The monoisotopic (exact) mass is 227 g/mol. The zero-order chi connectivity index (χ0) is 12.1. The van der Waals surface area contributed by atoms with Crippen LogP contribution in [-0.2, 0) is 0 Å². The number of nitrogens with zero attached hydrogens (tertiary/aromatic N) is 1. The molecule has 1 aliphatic rings. The smallest absolute Gasteiger partial charge is 0.253 e. The molecule has 2 heteroatoms. The fourth-order valence-corrected chi connectivity index (χ4v) is 2.12. The summed E-state index contributed by atoms with van der Waals surface area (Å²) in [6.45, 7) is 3.61. The highest BCUT2D eigenvalue weighted by atomic mass is 16.2. The number of carbonyl (C=O) groups is 1. The summed E-state index contributed by atoms with van der Waals surface area (Å²) in [5.74, 6) is 5.98. The van der Waals surface area contributed by atoms with Crippen LogP contribution in [0.3, 0.4) is 0 Å². The molecule has 1 saturated heterocycles. The molecule has 0 atom stereocenters. The lowest BCUT2D eigenvalue weighted by molar-refractivity contribution is 0.0724. The van der Waals surface area contributed by atoms with Crippen molar-refractivity contribution in [3.63, 3.8) is 0 Å². The van der Waals surface area contributed by atoms with Crippen LogP contribution in [0.25, 0.3) is 0 Å². The van der Waals surface area contributed by atoms with Crippen LogP contribution >= 0.6 is 0 Å². The minimum Gasteiger partial charge on any atom is -0.339 e. The zero-order valence-electron chi connectivity index (χ0n) is 10.2.